The van der Waals surface area contributed by atoms with E-state index in [-0.39, 0.29) is 12.7 Å². The zero-order valence-corrected chi connectivity index (χ0v) is 10.8. The molecule has 1 aromatic rings. The first-order valence-electron chi connectivity index (χ1n) is 6.63. The van der Waals surface area contributed by atoms with Crippen molar-refractivity contribution in [3.8, 4) is 5.75 Å². The molecule has 0 spiro atoms. The van der Waals surface area contributed by atoms with Crippen molar-refractivity contribution >= 4 is 0 Å². The van der Waals surface area contributed by atoms with Gasteiger partial charge in [-0.2, -0.15) is 0 Å². The zero-order valence-electron chi connectivity index (χ0n) is 10.8. The number of hydrogen-bond acceptors (Lipinski definition) is 4. The molecule has 100 valence electrons. The quantitative estimate of drug-likeness (QED) is 0.806. The van der Waals surface area contributed by atoms with E-state index in [1.807, 2.05) is 19.1 Å². The van der Waals surface area contributed by atoms with Crippen LogP contribution in [0.3, 0.4) is 0 Å². The maximum absolute atomic E-state index is 10.0. The lowest BCUT2D eigenvalue weighted by Gasteiger charge is -2.23. The monoisotopic (exact) mass is 251 g/mol. The van der Waals surface area contributed by atoms with Crippen LogP contribution in [-0.4, -0.2) is 27.4 Å². The van der Waals surface area contributed by atoms with Crippen LogP contribution in [0.15, 0.2) is 12.1 Å². The Morgan fingerprint density at radius 1 is 1.28 bits per heavy atom. The van der Waals surface area contributed by atoms with E-state index < -0.39 is 6.10 Å². The summed E-state index contributed by atoms with van der Waals surface area (Å²) in [5, 5.41) is 19.3. The molecule has 1 fully saturated rings. The summed E-state index contributed by atoms with van der Waals surface area (Å²) in [7, 11) is 0. The van der Waals surface area contributed by atoms with Crippen molar-refractivity contribution in [2.24, 2.45) is 0 Å². The minimum Gasteiger partial charge on any atom is -0.486 e. The highest BCUT2D eigenvalue weighted by Crippen LogP contribution is 2.25. The molecule has 1 aliphatic carbocycles. The van der Waals surface area contributed by atoms with Crippen LogP contribution in [0.1, 0.15) is 43.5 Å². The smallest absolute Gasteiger partial charge is 0.143 e. The summed E-state index contributed by atoms with van der Waals surface area (Å²) in [6, 6.07) is 3.68. The van der Waals surface area contributed by atoms with Gasteiger partial charge in [-0.15, -0.1) is 0 Å². The number of ether oxygens (including phenoxy) is 1. The molecule has 2 rings (SSSR count). The number of aliphatic hydroxyl groups is 2. The number of rotatable bonds is 3. The molecular formula is C14H21NO3. The fourth-order valence-electron chi connectivity index (χ4n) is 2.37. The van der Waals surface area contributed by atoms with Crippen LogP contribution in [0.2, 0.25) is 0 Å². The van der Waals surface area contributed by atoms with Crippen LogP contribution in [0, 0.1) is 6.92 Å². The molecule has 0 amide bonds. The SMILES string of the molecule is Cc1ccc(OC2CCCCCC2O)c(CO)n1. The molecule has 1 aliphatic rings. The van der Waals surface area contributed by atoms with E-state index in [0.717, 1.165) is 37.8 Å². The Labute approximate surface area is 108 Å². The maximum Gasteiger partial charge on any atom is 0.143 e. The summed E-state index contributed by atoms with van der Waals surface area (Å²) < 4.78 is 5.85. The summed E-state index contributed by atoms with van der Waals surface area (Å²) in [6.07, 6.45) is 4.34. The minimum absolute atomic E-state index is 0.139. The predicted molar refractivity (Wildman–Crippen MR) is 68.4 cm³/mol. The van der Waals surface area contributed by atoms with Crippen molar-refractivity contribution in [3.05, 3.63) is 23.5 Å². The van der Waals surface area contributed by atoms with Gasteiger partial charge in [-0.05, 0) is 38.3 Å². The molecule has 1 saturated carbocycles. The van der Waals surface area contributed by atoms with Gasteiger partial charge in [0.1, 0.15) is 17.5 Å². The molecule has 0 radical (unpaired) electrons. The van der Waals surface area contributed by atoms with Crippen molar-refractivity contribution in [2.75, 3.05) is 0 Å². The Morgan fingerprint density at radius 2 is 2.06 bits per heavy atom. The molecule has 0 aliphatic heterocycles. The van der Waals surface area contributed by atoms with Gasteiger partial charge in [-0.25, -0.2) is 0 Å². The second-order valence-electron chi connectivity index (χ2n) is 4.92. The van der Waals surface area contributed by atoms with Crippen molar-refractivity contribution in [3.63, 3.8) is 0 Å². The number of aryl methyl sites for hydroxylation is 1. The molecular weight excluding hydrogens is 230 g/mol. The van der Waals surface area contributed by atoms with Gasteiger partial charge < -0.3 is 14.9 Å². The third-order valence-corrected chi connectivity index (χ3v) is 3.42. The highest BCUT2D eigenvalue weighted by Gasteiger charge is 2.24. The van der Waals surface area contributed by atoms with E-state index >= 15 is 0 Å². The van der Waals surface area contributed by atoms with Gasteiger partial charge in [0, 0.05) is 5.69 Å². The number of nitrogens with zero attached hydrogens (tertiary/aromatic N) is 1. The Bertz CT molecular complexity index is 395. The van der Waals surface area contributed by atoms with E-state index in [4.69, 9.17) is 4.74 Å². The first-order valence-corrected chi connectivity index (χ1v) is 6.63. The molecule has 4 nitrogen and oxygen atoms in total. The summed E-state index contributed by atoms with van der Waals surface area (Å²) in [6.45, 7) is 1.74. The standard InChI is InChI=1S/C14H21NO3/c1-10-7-8-13(11(9-16)15-10)18-14-6-4-2-3-5-12(14)17/h7-8,12,14,16-17H,2-6,9H2,1H3. The first kappa shape index (κ1) is 13.3. The van der Waals surface area contributed by atoms with Crippen LogP contribution in [0.5, 0.6) is 5.75 Å². The van der Waals surface area contributed by atoms with Crippen LogP contribution < -0.4 is 4.74 Å². The molecule has 0 bridgehead atoms. The number of hydrogen-bond donors (Lipinski definition) is 2. The van der Waals surface area contributed by atoms with Crippen molar-refractivity contribution in [2.45, 2.75) is 57.8 Å². The summed E-state index contributed by atoms with van der Waals surface area (Å²) in [5.74, 6) is 0.592. The highest BCUT2D eigenvalue weighted by molar-refractivity contribution is 5.29. The van der Waals surface area contributed by atoms with E-state index in [0.29, 0.717) is 11.4 Å². The first-order chi connectivity index (χ1) is 8.70. The van der Waals surface area contributed by atoms with Crippen LogP contribution in [-0.2, 0) is 6.61 Å². The lowest BCUT2D eigenvalue weighted by molar-refractivity contribution is 0.0304. The van der Waals surface area contributed by atoms with Crippen molar-refractivity contribution in [1.29, 1.82) is 0 Å². The molecule has 18 heavy (non-hydrogen) atoms. The highest BCUT2D eigenvalue weighted by atomic mass is 16.5. The molecule has 0 saturated heterocycles. The van der Waals surface area contributed by atoms with Crippen molar-refractivity contribution < 1.29 is 14.9 Å². The normalized spacial score (nSPS) is 24.6. The van der Waals surface area contributed by atoms with Gasteiger partial charge in [-0.3, -0.25) is 4.98 Å². The second kappa shape index (κ2) is 6.16. The topological polar surface area (TPSA) is 62.6 Å². The van der Waals surface area contributed by atoms with Gasteiger partial charge in [0.25, 0.3) is 0 Å². The Hall–Kier alpha value is -1.13. The van der Waals surface area contributed by atoms with E-state index in [2.05, 4.69) is 4.98 Å². The van der Waals surface area contributed by atoms with Gasteiger partial charge >= 0.3 is 0 Å². The Kier molecular flexibility index (Phi) is 4.55. The average molecular weight is 251 g/mol. The third kappa shape index (κ3) is 3.21. The largest absolute Gasteiger partial charge is 0.486 e. The average Bonchev–Trinajstić information content (AvgIpc) is 2.57. The van der Waals surface area contributed by atoms with Crippen molar-refractivity contribution in [1.82, 2.24) is 4.98 Å². The predicted octanol–water partition coefficient (Wildman–Crippen LogP) is 1.95. The molecule has 4 heteroatoms. The van der Waals surface area contributed by atoms with E-state index in [1.165, 1.54) is 0 Å². The maximum atomic E-state index is 10.0. The lowest BCUT2D eigenvalue weighted by Crippen LogP contribution is -2.30. The number of aliphatic hydroxyl groups excluding tert-OH is 2. The number of pyridine rings is 1. The van der Waals surface area contributed by atoms with Gasteiger partial charge in [0.2, 0.25) is 0 Å². The molecule has 1 aromatic heterocycles. The number of aromatic nitrogens is 1. The lowest BCUT2D eigenvalue weighted by atomic mass is 10.1. The summed E-state index contributed by atoms with van der Waals surface area (Å²) >= 11 is 0. The Balaban J connectivity index is 2.12. The van der Waals surface area contributed by atoms with E-state index in [9.17, 15) is 10.2 Å². The van der Waals surface area contributed by atoms with Gasteiger partial charge in [-0.1, -0.05) is 12.8 Å². The second-order valence-corrected chi connectivity index (χ2v) is 4.92. The van der Waals surface area contributed by atoms with Gasteiger partial charge in [0.15, 0.2) is 0 Å². The molecule has 1 heterocycles. The van der Waals surface area contributed by atoms with Crippen LogP contribution >= 0.6 is 0 Å². The zero-order chi connectivity index (χ0) is 13.0. The van der Waals surface area contributed by atoms with Crippen LogP contribution in [0.25, 0.3) is 0 Å². The molecule has 0 aromatic carbocycles. The summed E-state index contributed by atoms with van der Waals surface area (Å²) in [4.78, 5) is 4.25. The van der Waals surface area contributed by atoms with Crippen LogP contribution in [0.4, 0.5) is 0 Å². The molecule has 2 atom stereocenters. The Morgan fingerprint density at radius 3 is 2.83 bits per heavy atom. The summed E-state index contributed by atoms with van der Waals surface area (Å²) in [5.41, 5.74) is 1.40. The third-order valence-electron chi connectivity index (χ3n) is 3.42. The minimum atomic E-state index is -0.416. The van der Waals surface area contributed by atoms with Gasteiger partial charge in [0.05, 0.1) is 12.7 Å². The van der Waals surface area contributed by atoms with E-state index in [1.54, 1.807) is 0 Å². The molecule has 2 N–H and O–H groups in total. The molecule has 2 unspecified atom stereocenters. The fraction of sp³-hybridized carbons (Fsp3) is 0.643. The fourth-order valence-corrected chi connectivity index (χ4v) is 2.37.